The third-order valence-electron chi connectivity index (χ3n) is 4.31. The van der Waals surface area contributed by atoms with Crippen molar-refractivity contribution in [1.29, 1.82) is 0 Å². The van der Waals surface area contributed by atoms with E-state index < -0.39 is 0 Å². The Bertz CT molecular complexity index is 452. The van der Waals surface area contributed by atoms with E-state index in [9.17, 15) is 10.1 Å². The van der Waals surface area contributed by atoms with Crippen molar-refractivity contribution in [2.24, 2.45) is 5.92 Å². The van der Waals surface area contributed by atoms with Crippen LogP contribution in [0.2, 0.25) is 0 Å². The molecule has 4 heteroatoms. The SMILES string of the molecule is CC(C)C(C)N(CCc1ccc([N+](=O)[O-])cc1)C1CC1. The van der Waals surface area contributed by atoms with Gasteiger partial charge in [-0.2, -0.15) is 0 Å². The zero-order valence-corrected chi connectivity index (χ0v) is 12.6. The molecule has 4 nitrogen and oxygen atoms in total. The van der Waals surface area contributed by atoms with E-state index in [0.717, 1.165) is 19.0 Å². The lowest BCUT2D eigenvalue weighted by molar-refractivity contribution is -0.384. The van der Waals surface area contributed by atoms with E-state index in [2.05, 4.69) is 25.7 Å². The first-order chi connectivity index (χ1) is 9.49. The first kappa shape index (κ1) is 15.0. The van der Waals surface area contributed by atoms with Crippen LogP contribution in [0.4, 0.5) is 5.69 Å². The van der Waals surface area contributed by atoms with Gasteiger partial charge in [-0.05, 0) is 37.7 Å². The number of nitro benzene ring substituents is 1. The molecule has 0 heterocycles. The largest absolute Gasteiger partial charge is 0.297 e. The number of rotatable bonds is 7. The number of hydrogen-bond donors (Lipinski definition) is 0. The zero-order valence-electron chi connectivity index (χ0n) is 12.6. The lowest BCUT2D eigenvalue weighted by Gasteiger charge is -2.32. The highest BCUT2D eigenvalue weighted by Crippen LogP contribution is 2.30. The lowest BCUT2D eigenvalue weighted by Crippen LogP contribution is -2.39. The minimum Gasteiger partial charge on any atom is -0.297 e. The fraction of sp³-hybridized carbons (Fsp3) is 0.625. The second kappa shape index (κ2) is 6.35. The van der Waals surface area contributed by atoms with Gasteiger partial charge < -0.3 is 0 Å². The van der Waals surface area contributed by atoms with E-state index in [-0.39, 0.29) is 10.6 Å². The highest BCUT2D eigenvalue weighted by atomic mass is 16.6. The van der Waals surface area contributed by atoms with Gasteiger partial charge in [0.1, 0.15) is 0 Å². The minimum atomic E-state index is -0.346. The summed E-state index contributed by atoms with van der Waals surface area (Å²) in [7, 11) is 0. The highest BCUT2D eigenvalue weighted by Gasteiger charge is 2.32. The molecule has 0 spiro atoms. The molecule has 1 aliphatic carbocycles. The molecule has 0 N–H and O–H groups in total. The number of nitro groups is 1. The predicted octanol–water partition coefficient (Wildman–Crippen LogP) is 3.65. The van der Waals surface area contributed by atoms with Gasteiger partial charge in [0.05, 0.1) is 4.92 Å². The van der Waals surface area contributed by atoms with E-state index in [1.807, 2.05) is 12.1 Å². The number of nitrogens with zero attached hydrogens (tertiary/aromatic N) is 2. The number of hydrogen-bond acceptors (Lipinski definition) is 3. The summed E-state index contributed by atoms with van der Waals surface area (Å²) in [6.07, 6.45) is 3.60. The molecular formula is C16H24N2O2. The van der Waals surface area contributed by atoms with Gasteiger partial charge in [-0.25, -0.2) is 0 Å². The van der Waals surface area contributed by atoms with E-state index >= 15 is 0 Å². The van der Waals surface area contributed by atoms with E-state index in [1.165, 1.54) is 18.4 Å². The van der Waals surface area contributed by atoms with Gasteiger partial charge >= 0.3 is 0 Å². The van der Waals surface area contributed by atoms with Crippen LogP contribution in [0.3, 0.4) is 0 Å². The predicted molar refractivity (Wildman–Crippen MR) is 80.8 cm³/mol. The van der Waals surface area contributed by atoms with E-state index in [4.69, 9.17) is 0 Å². The first-order valence-corrected chi connectivity index (χ1v) is 7.48. The summed E-state index contributed by atoms with van der Waals surface area (Å²) in [6.45, 7) is 7.89. The maximum Gasteiger partial charge on any atom is 0.269 e. The molecule has 0 radical (unpaired) electrons. The van der Waals surface area contributed by atoms with Crippen LogP contribution >= 0.6 is 0 Å². The first-order valence-electron chi connectivity index (χ1n) is 7.48. The Labute approximate surface area is 120 Å². The summed E-state index contributed by atoms with van der Waals surface area (Å²) in [6, 6.07) is 8.31. The van der Waals surface area contributed by atoms with Crippen molar-refractivity contribution in [3.63, 3.8) is 0 Å². The van der Waals surface area contributed by atoms with Crippen LogP contribution in [0.1, 0.15) is 39.2 Å². The summed E-state index contributed by atoms with van der Waals surface area (Å²) < 4.78 is 0. The van der Waals surface area contributed by atoms with Crippen LogP contribution in [0.15, 0.2) is 24.3 Å². The van der Waals surface area contributed by atoms with Crippen molar-refractivity contribution in [2.75, 3.05) is 6.54 Å². The summed E-state index contributed by atoms with van der Waals surface area (Å²) in [5, 5.41) is 10.6. The van der Waals surface area contributed by atoms with Gasteiger partial charge in [-0.3, -0.25) is 15.0 Å². The molecule has 1 fully saturated rings. The molecule has 110 valence electrons. The Morgan fingerprint density at radius 1 is 1.25 bits per heavy atom. The molecule has 0 bridgehead atoms. The lowest BCUT2D eigenvalue weighted by atomic mass is 10.0. The van der Waals surface area contributed by atoms with Gasteiger partial charge in [0.25, 0.3) is 5.69 Å². The summed E-state index contributed by atoms with van der Waals surface area (Å²) in [5.41, 5.74) is 1.35. The summed E-state index contributed by atoms with van der Waals surface area (Å²) in [4.78, 5) is 12.9. The normalized spacial score (nSPS) is 16.6. The Kier molecular flexibility index (Phi) is 4.76. The van der Waals surface area contributed by atoms with Crippen LogP contribution in [0.5, 0.6) is 0 Å². The molecule has 1 aliphatic rings. The average molecular weight is 276 g/mol. The van der Waals surface area contributed by atoms with Crippen LogP contribution < -0.4 is 0 Å². The van der Waals surface area contributed by atoms with Gasteiger partial charge in [-0.15, -0.1) is 0 Å². The zero-order chi connectivity index (χ0) is 14.7. The molecule has 1 aromatic rings. The minimum absolute atomic E-state index is 0.170. The van der Waals surface area contributed by atoms with Crippen molar-refractivity contribution in [2.45, 2.75) is 52.1 Å². The van der Waals surface area contributed by atoms with E-state index in [0.29, 0.717) is 12.0 Å². The van der Waals surface area contributed by atoms with Crippen molar-refractivity contribution in [3.8, 4) is 0 Å². The van der Waals surface area contributed by atoms with Crippen molar-refractivity contribution in [3.05, 3.63) is 39.9 Å². The number of non-ortho nitro benzene ring substituents is 1. The van der Waals surface area contributed by atoms with Gasteiger partial charge in [0, 0.05) is 30.8 Å². The highest BCUT2D eigenvalue weighted by molar-refractivity contribution is 5.32. The van der Waals surface area contributed by atoms with Gasteiger partial charge in [0.2, 0.25) is 0 Å². The van der Waals surface area contributed by atoms with Crippen LogP contribution in [0, 0.1) is 16.0 Å². The van der Waals surface area contributed by atoms with Crippen molar-refractivity contribution >= 4 is 5.69 Å². The third-order valence-corrected chi connectivity index (χ3v) is 4.31. The topological polar surface area (TPSA) is 46.4 Å². The Balaban J connectivity index is 1.93. The van der Waals surface area contributed by atoms with Crippen molar-refractivity contribution < 1.29 is 4.92 Å². The maximum absolute atomic E-state index is 10.6. The second-order valence-corrected chi connectivity index (χ2v) is 6.13. The Morgan fingerprint density at radius 3 is 2.30 bits per heavy atom. The monoisotopic (exact) mass is 276 g/mol. The Hall–Kier alpha value is -1.42. The number of benzene rings is 1. The van der Waals surface area contributed by atoms with Crippen LogP contribution in [-0.4, -0.2) is 28.5 Å². The Morgan fingerprint density at radius 2 is 1.85 bits per heavy atom. The van der Waals surface area contributed by atoms with Crippen LogP contribution in [-0.2, 0) is 6.42 Å². The molecule has 20 heavy (non-hydrogen) atoms. The van der Waals surface area contributed by atoms with Gasteiger partial charge in [0.15, 0.2) is 0 Å². The molecule has 1 aromatic carbocycles. The fourth-order valence-corrected chi connectivity index (χ4v) is 2.55. The molecule has 0 aliphatic heterocycles. The average Bonchev–Trinajstić information content (AvgIpc) is 3.23. The quantitative estimate of drug-likeness (QED) is 0.564. The van der Waals surface area contributed by atoms with E-state index in [1.54, 1.807) is 12.1 Å². The molecular weight excluding hydrogens is 252 g/mol. The smallest absolute Gasteiger partial charge is 0.269 e. The molecule has 1 unspecified atom stereocenters. The van der Waals surface area contributed by atoms with Gasteiger partial charge in [-0.1, -0.05) is 26.0 Å². The third kappa shape index (κ3) is 3.79. The molecule has 0 aromatic heterocycles. The summed E-state index contributed by atoms with van der Waals surface area (Å²) >= 11 is 0. The fourth-order valence-electron chi connectivity index (χ4n) is 2.55. The summed E-state index contributed by atoms with van der Waals surface area (Å²) in [5.74, 6) is 0.660. The molecule has 2 rings (SSSR count). The molecule has 1 atom stereocenters. The second-order valence-electron chi connectivity index (χ2n) is 6.13. The maximum atomic E-state index is 10.6. The molecule has 0 amide bonds. The van der Waals surface area contributed by atoms with Crippen LogP contribution in [0.25, 0.3) is 0 Å². The molecule has 1 saturated carbocycles. The standard InChI is InChI=1S/C16H24N2O2/c1-12(2)13(3)17(15-8-9-15)11-10-14-4-6-16(7-5-14)18(19)20/h4-7,12-13,15H,8-11H2,1-3H3. The van der Waals surface area contributed by atoms with Crippen molar-refractivity contribution in [1.82, 2.24) is 4.90 Å². The molecule has 0 saturated heterocycles.